The minimum absolute atomic E-state index is 0.0598. The van der Waals surface area contributed by atoms with E-state index < -0.39 is 0 Å². The quantitative estimate of drug-likeness (QED) is 0.176. The summed E-state index contributed by atoms with van der Waals surface area (Å²) in [6.45, 7) is 9.22. The van der Waals surface area contributed by atoms with E-state index in [1.54, 1.807) is 13.3 Å². The van der Waals surface area contributed by atoms with Crippen LogP contribution in [0.15, 0.2) is 55.3 Å². The maximum Gasteiger partial charge on any atom is 0.247 e. The molecule has 2 aromatic heterocycles. The van der Waals surface area contributed by atoms with Crippen molar-refractivity contribution in [2.45, 2.75) is 20.0 Å². The monoisotopic (exact) mass is 606 g/mol. The van der Waals surface area contributed by atoms with Crippen molar-refractivity contribution in [2.24, 2.45) is 7.05 Å². The van der Waals surface area contributed by atoms with Crippen LogP contribution in [0, 0.1) is 0 Å². The predicted octanol–water partition coefficient (Wildman–Crippen LogP) is 5.83. The Hall–Kier alpha value is -5.16. The largest absolute Gasteiger partial charge is 0.494 e. The average molecular weight is 607 g/mol. The van der Waals surface area contributed by atoms with Gasteiger partial charge in [0.15, 0.2) is 0 Å². The summed E-state index contributed by atoms with van der Waals surface area (Å²) in [5, 5.41) is 13.0. The Morgan fingerprint density at radius 3 is 2.56 bits per heavy atom. The van der Waals surface area contributed by atoms with E-state index >= 15 is 0 Å². The number of carbonyl (C=O) groups is 1. The van der Waals surface area contributed by atoms with Gasteiger partial charge < -0.3 is 29.9 Å². The number of fused-ring (bicyclic) bond motifs is 5. The van der Waals surface area contributed by atoms with Crippen molar-refractivity contribution >= 4 is 50.7 Å². The number of benzene rings is 3. The van der Waals surface area contributed by atoms with E-state index in [9.17, 15) is 4.79 Å². The van der Waals surface area contributed by atoms with Crippen LogP contribution >= 0.6 is 0 Å². The molecule has 0 radical (unpaired) electrons. The van der Waals surface area contributed by atoms with Crippen molar-refractivity contribution in [3.63, 3.8) is 0 Å². The summed E-state index contributed by atoms with van der Waals surface area (Å²) in [5.74, 6) is 1.36. The molecule has 0 atom stereocenters. The smallest absolute Gasteiger partial charge is 0.247 e. The number of ether oxygens (including phenoxy) is 2. The second-order valence-electron chi connectivity index (χ2n) is 11.7. The molecule has 0 spiro atoms. The molecule has 1 aliphatic rings. The van der Waals surface area contributed by atoms with E-state index in [4.69, 9.17) is 24.5 Å². The van der Waals surface area contributed by atoms with Crippen LogP contribution in [0.4, 0.5) is 23.0 Å². The number of likely N-dealkylation sites (N-methyl/N-ethyl adjacent to an activating group) is 2. The second-order valence-corrected chi connectivity index (χ2v) is 11.7. The number of aryl methyl sites for hydroxylation is 1. The molecule has 0 saturated carbocycles. The highest BCUT2D eigenvalue weighted by molar-refractivity contribution is 6.24. The molecule has 0 fully saturated rings. The van der Waals surface area contributed by atoms with Gasteiger partial charge in [0.2, 0.25) is 11.9 Å². The lowest BCUT2D eigenvalue weighted by Crippen LogP contribution is -2.29. The fourth-order valence-electron chi connectivity index (χ4n) is 5.81. The van der Waals surface area contributed by atoms with Crippen LogP contribution in [0.25, 0.3) is 44.2 Å². The third-order valence-electron chi connectivity index (χ3n) is 7.89. The van der Waals surface area contributed by atoms with Crippen molar-refractivity contribution in [1.29, 1.82) is 0 Å². The van der Waals surface area contributed by atoms with Crippen molar-refractivity contribution in [1.82, 2.24) is 24.6 Å². The Bertz CT molecular complexity index is 1960. The highest BCUT2D eigenvalue weighted by Gasteiger charge is 2.32. The van der Waals surface area contributed by atoms with Gasteiger partial charge in [0.05, 0.1) is 41.2 Å². The Labute approximate surface area is 262 Å². The topological polar surface area (TPSA) is 110 Å². The molecule has 0 unspecified atom stereocenters. The normalized spacial score (nSPS) is 11.8. The zero-order valence-corrected chi connectivity index (χ0v) is 26.7. The maximum atomic E-state index is 12.4. The third-order valence-corrected chi connectivity index (χ3v) is 7.89. The summed E-state index contributed by atoms with van der Waals surface area (Å²) < 4.78 is 14.2. The summed E-state index contributed by atoms with van der Waals surface area (Å²) in [4.78, 5) is 26.3. The summed E-state index contributed by atoms with van der Waals surface area (Å²) in [5.41, 5.74) is 7.72. The summed E-state index contributed by atoms with van der Waals surface area (Å²) in [6.07, 6.45) is 2.98. The van der Waals surface area contributed by atoms with Gasteiger partial charge in [-0.05, 0) is 45.6 Å². The van der Waals surface area contributed by atoms with Gasteiger partial charge in [-0.2, -0.15) is 5.10 Å². The molecular weight excluding hydrogens is 568 g/mol. The van der Waals surface area contributed by atoms with Crippen molar-refractivity contribution in [3.05, 3.63) is 55.3 Å². The second kappa shape index (κ2) is 11.7. The number of rotatable bonds is 11. The lowest BCUT2D eigenvalue weighted by atomic mass is 10.0. The lowest BCUT2D eigenvalue weighted by molar-refractivity contribution is -0.111. The predicted molar refractivity (Wildman–Crippen MR) is 181 cm³/mol. The van der Waals surface area contributed by atoms with Gasteiger partial charge in [-0.25, -0.2) is 9.97 Å². The Morgan fingerprint density at radius 1 is 1.11 bits per heavy atom. The zero-order chi connectivity index (χ0) is 32.0. The Balaban J connectivity index is 1.49. The van der Waals surface area contributed by atoms with Crippen molar-refractivity contribution < 1.29 is 14.3 Å². The molecule has 6 rings (SSSR count). The number of carbonyl (C=O) groups excluding carboxylic acids is 1. The molecule has 2 heterocycles. The summed E-state index contributed by atoms with van der Waals surface area (Å²) in [6, 6.07) is 12.0. The Kier molecular flexibility index (Phi) is 7.80. The third kappa shape index (κ3) is 5.29. The van der Waals surface area contributed by atoms with Crippen molar-refractivity contribution in [2.75, 3.05) is 56.9 Å². The number of aromatic nitrogens is 4. The molecule has 232 valence electrons. The molecule has 0 saturated heterocycles. The number of amides is 1. The molecular formula is C34H38N8O3. The molecule has 11 nitrogen and oxygen atoms in total. The maximum absolute atomic E-state index is 12.4. The van der Waals surface area contributed by atoms with Gasteiger partial charge in [-0.3, -0.25) is 9.48 Å². The number of hydrogen-bond donors (Lipinski definition) is 2. The zero-order valence-electron chi connectivity index (χ0n) is 26.7. The number of nitrogens with zero attached hydrogens (tertiary/aromatic N) is 6. The minimum atomic E-state index is -0.315. The van der Waals surface area contributed by atoms with Gasteiger partial charge in [0, 0.05) is 56.0 Å². The van der Waals surface area contributed by atoms with E-state index in [2.05, 4.69) is 39.1 Å². The van der Waals surface area contributed by atoms with E-state index in [-0.39, 0.29) is 12.0 Å². The van der Waals surface area contributed by atoms with Gasteiger partial charge in [-0.1, -0.05) is 30.8 Å². The van der Waals surface area contributed by atoms with Crippen LogP contribution in [0.5, 0.6) is 11.5 Å². The van der Waals surface area contributed by atoms with Crippen LogP contribution in [-0.4, -0.2) is 78.0 Å². The van der Waals surface area contributed by atoms with Crippen LogP contribution in [0.3, 0.4) is 0 Å². The summed E-state index contributed by atoms with van der Waals surface area (Å²) in [7, 11) is 9.56. The summed E-state index contributed by atoms with van der Waals surface area (Å²) >= 11 is 0. The van der Waals surface area contributed by atoms with E-state index in [1.165, 1.54) is 6.08 Å². The molecule has 45 heavy (non-hydrogen) atoms. The first-order chi connectivity index (χ1) is 21.6. The van der Waals surface area contributed by atoms with Crippen LogP contribution in [0.1, 0.15) is 13.8 Å². The first-order valence-electron chi connectivity index (χ1n) is 14.8. The van der Waals surface area contributed by atoms with Crippen LogP contribution in [0.2, 0.25) is 0 Å². The Morgan fingerprint density at radius 2 is 1.87 bits per heavy atom. The number of nitrogens with one attached hydrogen (secondary N) is 2. The SMILES string of the molecule is C=CC(=O)Nc1cc(Nc2ncc3c(OC(C)C)c4c5c(nn(C)c5c3n2)-c2ccccc2-4)c(OC)cc1N(C)CCN(C)C. The highest BCUT2D eigenvalue weighted by Crippen LogP contribution is 2.54. The minimum Gasteiger partial charge on any atom is -0.494 e. The number of methoxy groups -OCH3 is 1. The molecule has 0 aliphatic heterocycles. The molecule has 11 heteroatoms. The average Bonchev–Trinajstić information content (AvgIpc) is 3.52. The van der Waals surface area contributed by atoms with Gasteiger partial charge >= 0.3 is 0 Å². The van der Waals surface area contributed by atoms with E-state index in [0.29, 0.717) is 23.1 Å². The van der Waals surface area contributed by atoms with Gasteiger partial charge in [0.25, 0.3) is 0 Å². The molecule has 0 bridgehead atoms. The first-order valence-corrected chi connectivity index (χ1v) is 14.8. The van der Waals surface area contributed by atoms with Crippen LogP contribution in [-0.2, 0) is 11.8 Å². The highest BCUT2D eigenvalue weighted by atomic mass is 16.5. The van der Waals surface area contributed by atoms with Crippen molar-refractivity contribution in [3.8, 4) is 33.9 Å². The lowest BCUT2D eigenvalue weighted by Gasteiger charge is -2.26. The number of anilines is 4. The molecule has 5 aromatic rings. The van der Waals surface area contributed by atoms with Gasteiger partial charge in [0.1, 0.15) is 22.7 Å². The van der Waals surface area contributed by atoms with Crippen LogP contribution < -0.4 is 25.0 Å². The standard InChI is InChI=1S/C34H38N8O3/c1-9-27(43)36-23-16-24(26(44-8)17-25(23)41(6)15-14-40(4)5)37-34-35-18-22-31(38-34)32-29-28(33(22)45-19(2)3)20-12-10-11-13-21(20)30(29)39-42(32)7/h9-13,16-19H,1,14-15H2,2-8H3,(H,36,43)(H,35,37,38). The molecule has 3 aromatic carbocycles. The van der Waals surface area contributed by atoms with E-state index in [1.807, 2.05) is 71.0 Å². The molecule has 2 N–H and O–H groups in total. The fourth-order valence-corrected chi connectivity index (χ4v) is 5.81. The van der Waals surface area contributed by atoms with Gasteiger partial charge in [-0.15, -0.1) is 0 Å². The molecule has 1 amide bonds. The fraction of sp³-hybridized carbons (Fsp3) is 0.294. The number of hydrogen-bond acceptors (Lipinski definition) is 9. The van der Waals surface area contributed by atoms with E-state index in [0.717, 1.165) is 68.7 Å². The first kappa shape index (κ1) is 29.9. The molecule has 1 aliphatic carbocycles.